The minimum atomic E-state index is -0.253. The minimum absolute atomic E-state index is 0.253. The van der Waals surface area contributed by atoms with Crippen LogP contribution in [0.3, 0.4) is 0 Å². The Hall–Kier alpha value is -3.36. The number of carbonyl (C=O) groups is 1. The molecule has 0 unspecified atom stereocenters. The van der Waals surface area contributed by atoms with Gasteiger partial charge in [0.1, 0.15) is 0 Å². The van der Waals surface area contributed by atoms with Gasteiger partial charge in [-0.15, -0.1) is 11.3 Å². The van der Waals surface area contributed by atoms with E-state index in [2.05, 4.69) is 39.5 Å². The van der Waals surface area contributed by atoms with Crippen LogP contribution in [0.2, 0.25) is 0 Å². The predicted molar refractivity (Wildman–Crippen MR) is 130 cm³/mol. The van der Waals surface area contributed by atoms with Crippen LogP contribution < -0.4 is 19.5 Å². The first-order valence-corrected chi connectivity index (χ1v) is 11.5. The second kappa shape index (κ2) is 10.5. The first kappa shape index (κ1) is 22.8. The van der Waals surface area contributed by atoms with E-state index in [1.54, 1.807) is 39.5 Å². The maximum Gasteiger partial charge on any atom is 0.250 e. The van der Waals surface area contributed by atoms with Crippen LogP contribution in [0.1, 0.15) is 22.4 Å². The summed E-state index contributed by atoms with van der Waals surface area (Å²) in [4.78, 5) is 19.4. The first-order valence-electron chi connectivity index (χ1n) is 10.6. The number of benzene rings is 2. The van der Waals surface area contributed by atoms with Crippen LogP contribution in [0.15, 0.2) is 47.9 Å². The molecule has 0 saturated heterocycles. The van der Waals surface area contributed by atoms with Crippen molar-refractivity contribution >= 4 is 28.5 Å². The molecule has 1 aliphatic rings. The van der Waals surface area contributed by atoms with Crippen LogP contribution >= 0.6 is 11.3 Å². The van der Waals surface area contributed by atoms with E-state index >= 15 is 0 Å². The number of hydrogen-bond donors (Lipinski definition) is 1. The second-order valence-electron chi connectivity index (χ2n) is 7.65. The Labute approximate surface area is 197 Å². The number of thiazole rings is 1. The van der Waals surface area contributed by atoms with E-state index in [1.165, 1.54) is 28.5 Å². The smallest absolute Gasteiger partial charge is 0.250 e. The van der Waals surface area contributed by atoms with Gasteiger partial charge in [0, 0.05) is 31.1 Å². The van der Waals surface area contributed by atoms with Crippen LogP contribution in [0.4, 0.5) is 5.13 Å². The fourth-order valence-corrected chi connectivity index (χ4v) is 4.58. The summed E-state index contributed by atoms with van der Waals surface area (Å²) < 4.78 is 16.0. The maximum atomic E-state index is 12.4. The second-order valence-corrected chi connectivity index (χ2v) is 8.51. The lowest BCUT2D eigenvalue weighted by atomic mass is 10.00. The zero-order valence-electron chi connectivity index (χ0n) is 19.0. The Balaban J connectivity index is 1.36. The first-order chi connectivity index (χ1) is 16.1. The zero-order chi connectivity index (χ0) is 23.2. The molecule has 0 fully saturated rings. The average molecular weight is 466 g/mol. The molecule has 0 spiro atoms. The number of amides is 1. The molecule has 33 heavy (non-hydrogen) atoms. The van der Waals surface area contributed by atoms with Gasteiger partial charge in [0.25, 0.3) is 0 Å². The number of methoxy groups -OCH3 is 3. The summed E-state index contributed by atoms with van der Waals surface area (Å²) in [6.07, 6.45) is 4.21. The molecule has 0 saturated carbocycles. The summed E-state index contributed by atoms with van der Waals surface area (Å²) in [5, 5.41) is 5.43. The predicted octanol–water partition coefficient (Wildman–Crippen LogP) is 4.38. The van der Waals surface area contributed by atoms with E-state index in [9.17, 15) is 4.79 Å². The number of ether oxygens (including phenoxy) is 3. The number of rotatable bonds is 8. The molecule has 2 aromatic carbocycles. The van der Waals surface area contributed by atoms with Crippen molar-refractivity contribution < 1.29 is 19.0 Å². The SMILES string of the molecule is COc1cc(/C=C/C(=O)Nc2nc(CN3CCc4ccccc4C3)cs2)cc(OC)c1OC. The molecule has 3 aromatic rings. The van der Waals surface area contributed by atoms with Gasteiger partial charge in [0.05, 0.1) is 27.0 Å². The molecule has 2 heterocycles. The van der Waals surface area contributed by atoms with Crippen LogP contribution in [-0.2, 0) is 24.3 Å². The van der Waals surface area contributed by atoms with Crippen LogP contribution in [0.5, 0.6) is 17.2 Å². The molecule has 172 valence electrons. The molecule has 1 aliphatic heterocycles. The van der Waals surface area contributed by atoms with Crippen molar-refractivity contribution in [3.8, 4) is 17.2 Å². The Kier molecular flexibility index (Phi) is 7.26. The van der Waals surface area contributed by atoms with Crippen molar-refractivity contribution in [2.24, 2.45) is 0 Å². The largest absolute Gasteiger partial charge is 0.493 e. The molecule has 0 bridgehead atoms. The maximum absolute atomic E-state index is 12.4. The molecule has 7 nitrogen and oxygen atoms in total. The van der Waals surface area contributed by atoms with Crippen molar-refractivity contribution in [1.82, 2.24) is 9.88 Å². The van der Waals surface area contributed by atoms with Crippen molar-refractivity contribution in [3.05, 3.63) is 70.2 Å². The number of nitrogens with zero attached hydrogens (tertiary/aromatic N) is 2. The highest BCUT2D eigenvalue weighted by Crippen LogP contribution is 2.38. The van der Waals surface area contributed by atoms with E-state index in [-0.39, 0.29) is 5.91 Å². The topological polar surface area (TPSA) is 72.9 Å². The molecular weight excluding hydrogens is 438 g/mol. The summed E-state index contributed by atoms with van der Waals surface area (Å²) in [5.41, 5.74) is 4.52. The van der Waals surface area contributed by atoms with Gasteiger partial charge in [-0.05, 0) is 41.3 Å². The number of carbonyl (C=O) groups excluding carboxylic acids is 1. The third kappa shape index (κ3) is 5.53. The van der Waals surface area contributed by atoms with E-state index in [0.717, 1.165) is 37.3 Å². The summed E-state index contributed by atoms with van der Waals surface area (Å²) >= 11 is 1.43. The Morgan fingerprint density at radius 3 is 2.55 bits per heavy atom. The molecule has 8 heteroatoms. The lowest BCUT2D eigenvalue weighted by Crippen LogP contribution is -2.30. The quantitative estimate of drug-likeness (QED) is 0.498. The van der Waals surface area contributed by atoms with Crippen LogP contribution in [-0.4, -0.2) is 43.7 Å². The Bertz CT molecular complexity index is 1130. The highest BCUT2D eigenvalue weighted by molar-refractivity contribution is 7.13. The highest BCUT2D eigenvalue weighted by Gasteiger charge is 2.17. The minimum Gasteiger partial charge on any atom is -0.493 e. The van der Waals surface area contributed by atoms with Crippen molar-refractivity contribution in [1.29, 1.82) is 0 Å². The Morgan fingerprint density at radius 2 is 1.85 bits per heavy atom. The highest BCUT2D eigenvalue weighted by atomic mass is 32.1. The number of fused-ring (bicyclic) bond motifs is 1. The number of nitrogens with one attached hydrogen (secondary N) is 1. The number of hydrogen-bond acceptors (Lipinski definition) is 7. The van der Waals surface area contributed by atoms with Gasteiger partial charge in [-0.25, -0.2) is 4.98 Å². The summed E-state index contributed by atoms with van der Waals surface area (Å²) in [7, 11) is 4.66. The molecular formula is C25H27N3O4S. The molecule has 0 radical (unpaired) electrons. The van der Waals surface area contributed by atoms with Crippen molar-refractivity contribution in [3.63, 3.8) is 0 Å². The molecule has 1 N–H and O–H groups in total. The summed E-state index contributed by atoms with van der Waals surface area (Å²) in [5.74, 6) is 1.31. The zero-order valence-corrected chi connectivity index (χ0v) is 19.8. The summed E-state index contributed by atoms with van der Waals surface area (Å²) in [6.45, 7) is 2.70. The molecule has 0 aliphatic carbocycles. The molecule has 0 atom stereocenters. The average Bonchev–Trinajstić information content (AvgIpc) is 3.28. The lowest BCUT2D eigenvalue weighted by Gasteiger charge is -2.27. The van der Waals surface area contributed by atoms with Crippen molar-refractivity contribution in [2.45, 2.75) is 19.5 Å². The molecule has 1 amide bonds. The standard InChI is InChI=1S/C25H27N3O4S/c1-30-21-12-17(13-22(31-2)24(21)32-3)8-9-23(29)27-25-26-20(16-33-25)15-28-11-10-18-6-4-5-7-19(18)14-28/h4-9,12-13,16H,10-11,14-15H2,1-3H3,(H,26,27,29)/b9-8+. The third-order valence-corrected chi connectivity index (χ3v) is 6.30. The molecule has 1 aromatic heterocycles. The van der Waals surface area contributed by atoms with Gasteiger partial charge in [-0.3, -0.25) is 15.0 Å². The van der Waals surface area contributed by atoms with E-state index < -0.39 is 0 Å². The van der Waals surface area contributed by atoms with Gasteiger partial charge in [0.2, 0.25) is 11.7 Å². The van der Waals surface area contributed by atoms with Gasteiger partial charge in [-0.2, -0.15) is 0 Å². The van der Waals surface area contributed by atoms with Gasteiger partial charge < -0.3 is 14.2 Å². The molecule has 4 rings (SSSR count). The van der Waals surface area contributed by atoms with Crippen molar-refractivity contribution in [2.75, 3.05) is 33.2 Å². The van der Waals surface area contributed by atoms with Gasteiger partial charge >= 0.3 is 0 Å². The van der Waals surface area contributed by atoms with E-state index in [0.29, 0.717) is 22.4 Å². The fourth-order valence-electron chi connectivity index (χ4n) is 3.87. The van der Waals surface area contributed by atoms with E-state index in [4.69, 9.17) is 14.2 Å². The monoisotopic (exact) mass is 465 g/mol. The van der Waals surface area contributed by atoms with Gasteiger partial charge in [-0.1, -0.05) is 24.3 Å². The summed E-state index contributed by atoms with van der Waals surface area (Å²) in [6, 6.07) is 12.1. The van der Waals surface area contributed by atoms with Crippen LogP contribution in [0.25, 0.3) is 6.08 Å². The number of anilines is 1. The van der Waals surface area contributed by atoms with Gasteiger partial charge in [0.15, 0.2) is 16.6 Å². The third-order valence-electron chi connectivity index (χ3n) is 5.49. The van der Waals surface area contributed by atoms with E-state index in [1.807, 2.05) is 5.38 Å². The van der Waals surface area contributed by atoms with Crippen LogP contribution in [0, 0.1) is 0 Å². The fraction of sp³-hybridized carbons (Fsp3) is 0.280. The number of aromatic nitrogens is 1. The normalized spacial score (nSPS) is 13.5. The lowest BCUT2D eigenvalue weighted by molar-refractivity contribution is -0.111. The Morgan fingerprint density at radius 1 is 1.12 bits per heavy atom.